The standard InChI is InChI=1S/C25H36N4O2S/c1-5-28(6-2)15-10-16-29-22-14-8-7-12-20(22)24(27-25(29)31)32-17-23(30)26-21-13-9-11-18(3)19(21)4/h9,11,13H,5-8,10,12,14-17H2,1-4H3,(H,26,30). The molecule has 0 atom stereocenters. The van der Waals surface area contributed by atoms with Crippen LogP contribution in [0.1, 0.15) is 55.5 Å². The third-order valence-electron chi connectivity index (χ3n) is 6.42. The molecule has 3 rings (SSSR count). The second-order valence-corrected chi connectivity index (χ2v) is 9.41. The number of nitrogens with zero attached hydrogens (tertiary/aromatic N) is 3. The van der Waals surface area contributed by atoms with Gasteiger partial charge in [0.15, 0.2) is 0 Å². The average molecular weight is 457 g/mol. The zero-order valence-corrected chi connectivity index (χ0v) is 20.7. The molecule has 0 unspecified atom stereocenters. The van der Waals surface area contributed by atoms with Crippen LogP contribution in [0.3, 0.4) is 0 Å². The van der Waals surface area contributed by atoms with Gasteiger partial charge in [-0.1, -0.05) is 37.7 Å². The van der Waals surface area contributed by atoms with Gasteiger partial charge in [0.2, 0.25) is 5.91 Å². The third-order valence-corrected chi connectivity index (χ3v) is 7.44. The highest BCUT2D eigenvalue weighted by Gasteiger charge is 2.21. The van der Waals surface area contributed by atoms with Gasteiger partial charge >= 0.3 is 5.69 Å². The second kappa shape index (κ2) is 11.7. The second-order valence-electron chi connectivity index (χ2n) is 8.45. The summed E-state index contributed by atoms with van der Waals surface area (Å²) < 4.78 is 1.89. The maximum atomic E-state index is 12.9. The zero-order valence-electron chi connectivity index (χ0n) is 19.9. The third kappa shape index (κ3) is 6.01. The van der Waals surface area contributed by atoms with E-state index in [1.807, 2.05) is 36.6 Å². The fraction of sp³-hybridized carbons (Fsp3) is 0.560. The van der Waals surface area contributed by atoms with Gasteiger partial charge in [-0.3, -0.25) is 9.36 Å². The topological polar surface area (TPSA) is 67.2 Å². The number of amides is 1. The highest BCUT2D eigenvalue weighted by molar-refractivity contribution is 8.00. The van der Waals surface area contributed by atoms with E-state index in [0.29, 0.717) is 6.54 Å². The van der Waals surface area contributed by atoms with Gasteiger partial charge in [0.05, 0.1) is 5.75 Å². The fourth-order valence-corrected chi connectivity index (χ4v) is 5.17. The van der Waals surface area contributed by atoms with E-state index >= 15 is 0 Å². The van der Waals surface area contributed by atoms with Crippen LogP contribution in [-0.4, -0.2) is 45.7 Å². The Labute approximate surface area is 195 Å². The van der Waals surface area contributed by atoms with Gasteiger partial charge in [0.1, 0.15) is 5.03 Å². The van der Waals surface area contributed by atoms with Crippen LogP contribution in [0.15, 0.2) is 28.0 Å². The number of anilines is 1. The lowest BCUT2D eigenvalue weighted by Crippen LogP contribution is -2.32. The normalized spacial score (nSPS) is 13.3. The summed E-state index contributed by atoms with van der Waals surface area (Å²) in [5.41, 5.74) is 5.19. The number of benzene rings is 1. The van der Waals surface area contributed by atoms with Crippen LogP contribution in [0.25, 0.3) is 0 Å². The van der Waals surface area contributed by atoms with E-state index in [1.54, 1.807) is 0 Å². The van der Waals surface area contributed by atoms with Gasteiger partial charge in [-0.05, 0) is 82.8 Å². The largest absolute Gasteiger partial charge is 0.348 e. The van der Waals surface area contributed by atoms with Crippen molar-refractivity contribution in [2.24, 2.45) is 0 Å². The van der Waals surface area contributed by atoms with Crippen molar-refractivity contribution in [1.29, 1.82) is 0 Å². The van der Waals surface area contributed by atoms with Crippen LogP contribution in [0.5, 0.6) is 0 Å². The average Bonchev–Trinajstić information content (AvgIpc) is 2.79. The van der Waals surface area contributed by atoms with Crippen LogP contribution >= 0.6 is 11.8 Å². The number of hydrogen-bond acceptors (Lipinski definition) is 5. The molecule has 1 aromatic carbocycles. The Kier molecular flexibility index (Phi) is 8.93. The van der Waals surface area contributed by atoms with Gasteiger partial charge < -0.3 is 10.2 Å². The molecule has 0 radical (unpaired) electrons. The minimum Gasteiger partial charge on any atom is -0.325 e. The molecular formula is C25H36N4O2S. The summed E-state index contributed by atoms with van der Waals surface area (Å²) in [5.74, 6) is 0.177. The molecule has 1 amide bonds. The Morgan fingerprint density at radius 3 is 2.69 bits per heavy atom. The Bertz CT molecular complexity index is 998. The minimum absolute atomic E-state index is 0.0709. The number of aromatic nitrogens is 2. The number of thioether (sulfide) groups is 1. The highest BCUT2D eigenvalue weighted by atomic mass is 32.2. The summed E-state index contributed by atoms with van der Waals surface area (Å²) in [7, 11) is 0. The van der Waals surface area contributed by atoms with E-state index in [1.165, 1.54) is 17.3 Å². The van der Waals surface area contributed by atoms with Crippen molar-refractivity contribution in [3.05, 3.63) is 51.1 Å². The molecule has 0 saturated heterocycles. The summed E-state index contributed by atoms with van der Waals surface area (Å²) >= 11 is 1.39. The smallest absolute Gasteiger partial charge is 0.325 e. The number of aryl methyl sites for hydroxylation is 1. The van der Waals surface area contributed by atoms with Crippen molar-refractivity contribution < 1.29 is 4.79 Å². The Morgan fingerprint density at radius 1 is 1.19 bits per heavy atom. The molecule has 0 fully saturated rings. The first-order valence-corrected chi connectivity index (χ1v) is 12.8. The lowest BCUT2D eigenvalue weighted by Gasteiger charge is -2.24. The van der Waals surface area contributed by atoms with E-state index in [4.69, 9.17) is 0 Å². The van der Waals surface area contributed by atoms with E-state index in [2.05, 4.69) is 29.0 Å². The zero-order chi connectivity index (χ0) is 23.1. The van der Waals surface area contributed by atoms with Crippen LogP contribution in [0, 0.1) is 13.8 Å². The quantitative estimate of drug-likeness (QED) is 0.429. The molecule has 32 heavy (non-hydrogen) atoms. The molecule has 0 saturated carbocycles. The van der Waals surface area contributed by atoms with Gasteiger partial charge in [0, 0.05) is 23.5 Å². The number of fused-ring (bicyclic) bond motifs is 1. The van der Waals surface area contributed by atoms with Crippen molar-refractivity contribution in [2.45, 2.75) is 71.4 Å². The summed E-state index contributed by atoms with van der Waals surface area (Å²) in [5, 5.41) is 3.74. The lowest BCUT2D eigenvalue weighted by molar-refractivity contribution is -0.113. The van der Waals surface area contributed by atoms with Crippen molar-refractivity contribution in [3.8, 4) is 0 Å². The number of rotatable bonds is 10. The molecule has 1 aromatic heterocycles. The van der Waals surface area contributed by atoms with Crippen molar-refractivity contribution in [1.82, 2.24) is 14.5 Å². The predicted molar refractivity (Wildman–Crippen MR) is 133 cm³/mol. The van der Waals surface area contributed by atoms with Crippen molar-refractivity contribution >= 4 is 23.4 Å². The Balaban J connectivity index is 1.70. The first-order chi connectivity index (χ1) is 15.4. The van der Waals surface area contributed by atoms with Gasteiger partial charge in [-0.25, -0.2) is 4.79 Å². The first kappa shape index (κ1) is 24.5. The molecule has 7 heteroatoms. The molecule has 0 spiro atoms. The Morgan fingerprint density at radius 2 is 1.94 bits per heavy atom. The van der Waals surface area contributed by atoms with E-state index in [-0.39, 0.29) is 17.3 Å². The summed E-state index contributed by atoms with van der Waals surface area (Å²) in [6.45, 7) is 12.1. The molecule has 1 aliphatic carbocycles. The van der Waals surface area contributed by atoms with Crippen LogP contribution in [-0.2, 0) is 24.2 Å². The van der Waals surface area contributed by atoms with Crippen molar-refractivity contribution in [2.75, 3.05) is 30.7 Å². The monoisotopic (exact) mass is 456 g/mol. The molecule has 0 bridgehead atoms. The maximum Gasteiger partial charge on any atom is 0.348 e. The summed E-state index contributed by atoms with van der Waals surface area (Å²) in [6, 6.07) is 5.90. The molecule has 2 aromatic rings. The molecule has 1 aliphatic rings. The van der Waals surface area contributed by atoms with Gasteiger partial charge in [0.25, 0.3) is 0 Å². The first-order valence-electron chi connectivity index (χ1n) is 11.8. The summed E-state index contributed by atoms with van der Waals surface area (Å²) in [4.78, 5) is 32.2. The van der Waals surface area contributed by atoms with Gasteiger partial charge in [-0.2, -0.15) is 4.98 Å². The summed E-state index contributed by atoms with van der Waals surface area (Å²) in [6.07, 6.45) is 5.00. The molecule has 1 N–H and O–H groups in total. The van der Waals surface area contributed by atoms with Crippen LogP contribution in [0.2, 0.25) is 0 Å². The van der Waals surface area contributed by atoms with Crippen LogP contribution in [0.4, 0.5) is 5.69 Å². The SMILES string of the molecule is CCN(CC)CCCn1c2c(c(SCC(=O)Nc3cccc(C)c3C)nc1=O)CCCC2. The number of hydrogen-bond donors (Lipinski definition) is 1. The molecule has 174 valence electrons. The molecule has 0 aliphatic heterocycles. The molecule has 1 heterocycles. The van der Waals surface area contributed by atoms with E-state index in [0.717, 1.165) is 79.3 Å². The van der Waals surface area contributed by atoms with E-state index in [9.17, 15) is 9.59 Å². The molecule has 6 nitrogen and oxygen atoms in total. The number of nitrogens with one attached hydrogen (secondary N) is 1. The lowest BCUT2D eigenvalue weighted by atomic mass is 9.97. The number of carbonyl (C=O) groups excluding carboxylic acids is 1. The maximum absolute atomic E-state index is 12.9. The minimum atomic E-state index is -0.178. The van der Waals surface area contributed by atoms with Gasteiger partial charge in [-0.15, -0.1) is 0 Å². The predicted octanol–water partition coefficient (Wildman–Crippen LogP) is 4.20. The highest BCUT2D eigenvalue weighted by Crippen LogP contribution is 2.29. The van der Waals surface area contributed by atoms with Crippen LogP contribution < -0.4 is 11.0 Å². The van der Waals surface area contributed by atoms with Crippen molar-refractivity contribution in [3.63, 3.8) is 0 Å². The molecular weight excluding hydrogens is 420 g/mol. The van der Waals surface area contributed by atoms with E-state index < -0.39 is 0 Å². The fourth-order valence-electron chi connectivity index (χ4n) is 4.30. The Hall–Kier alpha value is -2.12. The number of carbonyl (C=O) groups is 1.